The van der Waals surface area contributed by atoms with Gasteiger partial charge in [0.15, 0.2) is 0 Å². The van der Waals surface area contributed by atoms with Crippen molar-refractivity contribution in [2.45, 2.75) is 84.2 Å². The van der Waals surface area contributed by atoms with Gasteiger partial charge in [-0.05, 0) is 107 Å². The summed E-state index contributed by atoms with van der Waals surface area (Å²) in [6.45, 7) is 20.1. The molecule has 0 unspecified atom stereocenters. The Labute approximate surface area is 333 Å². The van der Waals surface area contributed by atoms with Crippen molar-refractivity contribution in [3.63, 3.8) is 0 Å². The maximum Gasteiger partial charge on any atom is 0.136 e. The van der Waals surface area contributed by atoms with E-state index in [9.17, 15) is 0 Å². The van der Waals surface area contributed by atoms with Crippen LogP contribution >= 0.6 is 0 Å². The van der Waals surface area contributed by atoms with Crippen molar-refractivity contribution in [2.24, 2.45) is 0 Å². The first-order valence-electron chi connectivity index (χ1n) is 20.9. The standard InChI is InChI=1S/C53H52OSi2/c1-9-25-55(5,6)47-32-42-50-38-24-22-36(34-19-15-12-16-20-34)28-45(38)54-46(50)30-40-48(56(7,8)26-10-2)31-41-49-37-23-21-35(33-17-13-11-14-18-33)27-43(37)53(3,4)44(49)29-39(47)51(41)52(40)42/h11-24,27-32H,9-10,25-26H2,1-8H3. The van der Waals surface area contributed by atoms with Crippen LogP contribution in [0.2, 0.25) is 38.3 Å². The Balaban J connectivity index is 1.38. The van der Waals surface area contributed by atoms with Crippen molar-refractivity contribution in [1.29, 1.82) is 0 Å². The van der Waals surface area contributed by atoms with Crippen molar-refractivity contribution in [2.75, 3.05) is 0 Å². The molecule has 0 spiro atoms. The summed E-state index contributed by atoms with van der Waals surface area (Å²) in [5, 5.41) is 14.3. The first-order valence-corrected chi connectivity index (χ1v) is 27.3. The average Bonchev–Trinajstić information content (AvgIpc) is 3.67. The fraction of sp³-hybridized carbons (Fsp3) is 0.245. The maximum absolute atomic E-state index is 6.99. The molecule has 0 bridgehead atoms. The number of rotatable bonds is 8. The number of benzene rings is 8. The summed E-state index contributed by atoms with van der Waals surface area (Å²) in [6, 6.07) is 48.8. The second kappa shape index (κ2) is 12.5. The van der Waals surface area contributed by atoms with Crippen molar-refractivity contribution in [3.8, 4) is 33.4 Å². The molecule has 0 amide bonds. The third-order valence-electron chi connectivity index (χ3n) is 13.6. The first-order chi connectivity index (χ1) is 26.9. The summed E-state index contributed by atoms with van der Waals surface area (Å²) < 4.78 is 6.99. The van der Waals surface area contributed by atoms with E-state index in [2.05, 4.69) is 175 Å². The Morgan fingerprint density at radius 2 is 1.02 bits per heavy atom. The maximum atomic E-state index is 6.99. The zero-order chi connectivity index (χ0) is 38.7. The molecule has 1 aromatic heterocycles. The van der Waals surface area contributed by atoms with Gasteiger partial charge in [0.05, 0.1) is 16.1 Å². The Hall–Kier alpha value is -4.97. The minimum absolute atomic E-state index is 0.130. The SMILES string of the molecule is CCC[Si](C)(C)c1cc2c3c(cc4c([Si](C)(C)CCC)cc5c6c(cc1c5c42)C(C)(C)c1cc(-c2ccccc2)ccc1-6)oc1cc(-c2ccccc2)ccc13. The number of hydrogen-bond acceptors (Lipinski definition) is 1. The minimum Gasteiger partial charge on any atom is -0.456 e. The molecule has 1 aliphatic rings. The van der Waals surface area contributed by atoms with E-state index in [0.717, 1.165) is 11.2 Å². The van der Waals surface area contributed by atoms with Gasteiger partial charge in [0.2, 0.25) is 0 Å². The lowest BCUT2D eigenvalue weighted by Crippen LogP contribution is -2.43. The summed E-state index contributed by atoms with van der Waals surface area (Å²) in [6.07, 6.45) is 2.39. The Bertz CT molecular complexity index is 3000. The summed E-state index contributed by atoms with van der Waals surface area (Å²) >= 11 is 0. The molecule has 0 radical (unpaired) electrons. The van der Waals surface area contributed by atoms with Gasteiger partial charge in [-0.25, -0.2) is 0 Å². The average molecular weight is 761 g/mol. The Morgan fingerprint density at radius 1 is 0.464 bits per heavy atom. The highest BCUT2D eigenvalue weighted by atomic mass is 28.3. The molecule has 0 atom stereocenters. The molecular formula is C53H52OSi2. The van der Waals surface area contributed by atoms with Crippen LogP contribution in [0.4, 0.5) is 0 Å². The van der Waals surface area contributed by atoms with Crippen molar-refractivity contribution in [3.05, 3.63) is 132 Å². The molecule has 0 N–H and O–H groups in total. The molecular weight excluding hydrogens is 709 g/mol. The van der Waals surface area contributed by atoms with Gasteiger partial charge in [0, 0.05) is 16.2 Å². The van der Waals surface area contributed by atoms with Crippen LogP contribution in [-0.2, 0) is 5.41 Å². The van der Waals surface area contributed by atoms with Gasteiger partial charge in [0.1, 0.15) is 11.2 Å². The molecule has 0 fully saturated rings. The quantitative estimate of drug-likeness (QED) is 0.111. The predicted molar refractivity (Wildman–Crippen MR) is 250 cm³/mol. The van der Waals surface area contributed by atoms with Crippen LogP contribution in [0.1, 0.15) is 51.7 Å². The largest absolute Gasteiger partial charge is 0.456 e. The highest BCUT2D eigenvalue weighted by molar-refractivity contribution is 6.93. The summed E-state index contributed by atoms with van der Waals surface area (Å²) in [5.41, 5.74) is 12.6. The minimum atomic E-state index is -1.89. The van der Waals surface area contributed by atoms with E-state index in [1.807, 2.05) is 0 Å². The molecule has 1 aliphatic carbocycles. The second-order valence-electron chi connectivity index (χ2n) is 18.5. The molecule has 10 rings (SSSR count). The lowest BCUT2D eigenvalue weighted by molar-refractivity contribution is 0.661. The summed E-state index contributed by atoms with van der Waals surface area (Å²) in [4.78, 5) is 0. The number of furan rings is 1. The third-order valence-corrected chi connectivity index (χ3v) is 20.9. The van der Waals surface area contributed by atoms with E-state index < -0.39 is 16.1 Å². The molecule has 56 heavy (non-hydrogen) atoms. The van der Waals surface area contributed by atoms with Crippen LogP contribution in [0, 0.1) is 0 Å². The number of fused-ring (bicyclic) bond motifs is 8. The highest BCUT2D eigenvalue weighted by Gasteiger charge is 2.40. The zero-order valence-corrected chi connectivity index (χ0v) is 36.3. The van der Waals surface area contributed by atoms with E-state index in [1.54, 1.807) is 10.4 Å². The van der Waals surface area contributed by atoms with E-state index in [0.29, 0.717) is 0 Å². The monoisotopic (exact) mass is 760 g/mol. The topological polar surface area (TPSA) is 13.1 Å². The van der Waals surface area contributed by atoms with E-state index in [1.165, 1.54) is 113 Å². The van der Waals surface area contributed by atoms with Gasteiger partial charge in [0.25, 0.3) is 0 Å². The van der Waals surface area contributed by atoms with Gasteiger partial charge in [-0.15, -0.1) is 0 Å². The molecule has 9 aromatic rings. The Morgan fingerprint density at radius 3 is 1.64 bits per heavy atom. The number of hydrogen-bond donors (Lipinski definition) is 0. The fourth-order valence-electron chi connectivity index (χ4n) is 10.8. The normalized spacial score (nSPS) is 14.1. The molecule has 8 aromatic carbocycles. The molecule has 1 heterocycles. The lowest BCUT2D eigenvalue weighted by Gasteiger charge is -2.31. The summed E-state index contributed by atoms with van der Waals surface area (Å²) in [5.74, 6) is 0. The van der Waals surface area contributed by atoms with E-state index in [-0.39, 0.29) is 5.41 Å². The van der Waals surface area contributed by atoms with Gasteiger partial charge in [-0.1, -0.05) is 180 Å². The second-order valence-corrected chi connectivity index (χ2v) is 28.1. The van der Waals surface area contributed by atoms with Crippen LogP contribution in [0.3, 0.4) is 0 Å². The van der Waals surface area contributed by atoms with Gasteiger partial charge < -0.3 is 4.42 Å². The smallest absolute Gasteiger partial charge is 0.136 e. The van der Waals surface area contributed by atoms with Gasteiger partial charge in [-0.2, -0.15) is 0 Å². The van der Waals surface area contributed by atoms with Crippen LogP contribution < -0.4 is 10.4 Å². The molecule has 0 saturated heterocycles. The van der Waals surface area contributed by atoms with Gasteiger partial charge >= 0.3 is 0 Å². The molecule has 1 nitrogen and oxygen atoms in total. The van der Waals surface area contributed by atoms with Gasteiger partial charge in [-0.3, -0.25) is 0 Å². The van der Waals surface area contributed by atoms with E-state index >= 15 is 0 Å². The fourth-order valence-corrected chi connectivity index (χ4v) is 16.8. The van der Waals surface area contributed by atoms with E-state index in [4.69, 9.17) is 4.42 Å². The first kappa shape index (κ1) is 35.4. The van der Waals surface area contributed by atoms with Crippen LogP contribution in [-0.4, -0.2) is 16.1 Å². The molecule has 0 saturated carbocycles. The van der Waals surface area contributed by atoms with Crippen LogP contribution in [0.5, 0.6) is 0 Å². The molecule has 0 aliphatic heterocycles. The van der Waals surface area contributed by atoms with Crippen LogP contribution in [0.15, 0.2) is 126 Å². The van der Waals surface area contributed by atoms with Crippen molar-refractivity contribution < 1.29 is 4.42 Å². The predicted octanol–water partition coefficient (Wildman–Crippen LogP) is 14.8. The molecule has 3 heteroatoms. The lowest BCUT2D eigenvalue weighted by atomic mass is 9.80. The third kappa shape index (κ3) is 5.09. The Kier molecular flexibility index (Phi) is 7.92. The zero-order valence-electron chi connectivity index (χ0n) is 34.3. The summed E-state index contributed by atoms with van der Waals surface area (Å²) in [7, 11) is -3.78. The van der Waals surface area contributed by atoms with Crippen molar-refractivity contribution >= 4 is 80.8 Å². The van der Waals surface area contributed by atoms with Crippen molar-refractivity contribution in [1.82, 2.24) is 0 Å². The van der Waals surface area contributed by atoms with Crippen LogP contribution in [0.25, 0.3) is 87.6 Å². The molecule has 278 valence electrons. The highest BCUT2D eigenvalue weighted by Crippen LogP contribution is 2.55.